The minimum atomic E-state index is -0.506. The average Bonchev–Trinajstić information content (AvgIpc) is 3.24. The van der Waals surface area contributed by atoms with E-state index in [1.54, 1.807) is 53.5 Å². The van der Waals surface area contributed by atoms with E-state index in [2.05, 4.69) is 20.4 Å². The number of benzene rings is 2. The lowest BCUT2D eigenvalue weighted by Crippen LogP contribution is -2.12. The van der Waals surface area contributed by atoms with Gasteiger partial charge in [-0.25, -0.2) is 19.0 Å². The van der Waals surface area contributed by atoms with Gasteiger partial charge in [-0.05, 0) is 48.5 Å². The second-order valence-electron chi connectivity index (χ2n) is 5.87. The molecule has 0 bridgehead atoms. The summed E-state index contributed by atoms with van der Waals surface area (Å²) in [5.41, 5.74) is 0.711. The second-order valence-corrected chi connectivity index (χ2v) is 6.28. The first-order valence-corrected chi connectivity index (χ1v) is 8.83. The van der Waals surface area contributed by atoms with Gasteiger partial charge in [0.15, 0.2) is 5.82 Å². The molecule has 4 rings (SSSR count). The number of rotatable bonds is 5. The third-order valence-electron chi connectivity index (χ3n) is 3.88. The number of hydrogen-bond acceptors (Lipinski definition) is 5. The van der Waals surface area contributed by atoms with Crippen LogP contribution in [0.15, 0.2) is 73.3 Å². The molecule has 2 aromatic carbocycles. The normalized spacial score (nSPS) is 10.6. The number of aromatic nitrogens is 4. The van der Waals surface area contributed by atoms with E-state index in [0.717, 1.165) is 6.07 Å². The fraction of sp³-hybridized carbons (Fsp3) is 0. The van der Waals surface area contributed by atoms with Crippen molar-refractivity contribution in [1.29, 1.82) is 0 Å². The van der Waals surface area contributed by atoms with E-state index in [9.17, 15) is 9.18 Å². The van der Waals surface area contributed by atoms with E-state index in [4.69, 9.17) is 16.3 Å². The van der Waals surface area contributed by atoms with Gasteiger partial charge in [0.1, 0.15) is 17.9 Å². The largest absolute Gasteiger partial charge is 0.439 e. The fourth-order valence-corrected chi connectivity index (χ4v) is 2.77. The van der Waals surface area contributed by atoms with Gasteiger partial charge in [-0.15, -0.1) is 0 Å². The summed E-state index contributed by atoms with van der Waals surface area (Å²) in [5.74, 6) is 0.491. The quantitative estimate of drug-likeness (QED) is 0.524. The van der Waals surface area contributed by atoms with Crippen molar-refractivity contribution in [2.45, 2.75) is 0 Å². The molecule has 4 aromatic rings. The minimum Gasteiger partial charge on any atom is -0.439 e. The van der Waals surface area contributed by atoms with Crippen molar-refractivity contribution < 1.29 is 13.9 Å². The van der Waals surface area contributed by atoms with E-state index in [1.807, 2.05) is 0 Å². The third-order valence-corrected chi connectivity index (χ3v) is 4.19. The lowest BCUT2D eigenvalue weighted by molar-refractivity contribution is 0.102. The Hall–Kier alpha value is -3.78. The van der Waals surface area contributed by atoms with Crippen molar-refractivity contribution in [3.63, 3.8) is 0 Å². The van der Waals surface area contributed by atoms with Gasteiger partial charge in [0.25, 0.3) is 5.91 Å². The first-order valence-electron chi connectivity index (χ1n) is 8.45. The molecule has 29 heavy (non-hydrogen) atoms. The summed E-state index contributed by atoms with van der Waals surface area (Å²) in [4.78, 5) is 20.5. The lowest BCUT2D eigenvalue weighted by atomic mass is 10.2. The maximum absolute atomic E-state index is 13.1. The molecule has 144 valence electrons. The summed E-state index contributed by atoms with van der Waals surface area (Å²) in [7, 11) is 0. The highest BCUT2D eigenvalue weighted by atomic mass is 35.5. The first-order chi connectivity index (χ1) is 14.1. The van der Waals surface area contributed by atoms with E-state index in [0.29, 0.717) is 23.1 Å². The van der Waals surface area contributed by atoms with E-state index < -0.39 is 11.7 Å². The minimum absolute atomic E-state index is 0.0409. The number of hydrogen-bond donors (Lipinski definition) is 1. The summed E-state index contributed by atoms with van der Waals surface area (Å²) in [5, 5.41) is 6.85. The predicted octanol–water partition coefficient (Wildman–Crippen LogP) is 4.50. The summed E-state index contributed by atoms with van der Waals surface area (Å²) < 4.78 is 20.4. The molecule has 0 atom stereocenters. The van der Waals surface area contributed by atoms with Gasteiger partial charge in [0, 0.05) is 24.1 Å². The van der Waals surface area contributed by atoms with E-state index >= 15 is 0 Å². The number of amides is 1. The van der Waals surface area contributed by atoms with Gasteiger partial charge in [0.05, 0.1) is 10.6 Å². The molecule has 7 nitrogen and oxygen atoms in total. The van der Waals surface area contributed by atoms with E-state index in [-0.39, 0.29) is 10.6 Å². The fourth-order valence-electron chi connectivity index (χ4n) is 2.51. The zero-order valence-electron chi connectivity index (χ0n) is 14.8. The van der Waals surface area contributed by atoms with Gasteiger partial charge in [-0.2, -0.15) is 5.10 Å². The van der Waals surface area contributed by atoms with Crippen LogP contribution in [0.3, 0.4) is 0 Å². The number of halogens is 2. The van der Waals surface area contributed by atoms with Gasteiger partial charge < -0.3 is 10.1 Å². The van der Waals surface area contributed by atoms with Crippen LogP contribution in [-0.2, 0) is 0 Å². The zero-order valence-corrected chi connectivity index (χ0v) is 15.5. The Morgan fingerprint density at radius 2 is 1.93 bits per heavy atom. The van der Waals surface area contributed by atoms with Crippen LogP contribution < -0.4 is 10.1 Å². The standard InChI is InChI=1S/C20H13ClFN5O2/c21-17-10-13(22)2-7-16(17)20(28)26-14-3-5-15(6-4-14)29-19-11-18(23-12-24-19)27-9-1-8-25-27/h1-12H,(H,26,28). The van der Waals surface area contributed by atoms with Crippen molar-refractivity contribution in [3.05, 3.63) is 89.7 Å². The van der Waals surface area contributed by atoms with Crippen LogP contribution in [-0.4, -0.2) is 25.7 Å². The molecular formula is C20H13ClFN5O2. The Morgan fingerprint density at radius 1 is 1.10 bits per heavy atom. The molecule has 0 saturated carbocycles. The molecule has 0 aliphatic heterocycles. The van der Waals surface area contributed by atoms with Crippen LogP contribution in [0.4, 0.5) is 10.1 Å². The molecule has 0 aliphatic carbocycles. The number of nitrogens with zero attached hydrogens (tertiary/aromatic N) is 4. The van der Waals surface area contributed by atoms with Crippen molar-refractivity contribution in [3.8, 4) is 17.4 Å². The van der Waals surface area contributed by atoms with Crippen molar-refractivity contribution >= 4 is 23.2 Å². The van der Waals surface area contributed by atoms with Crippen LogP contribution in [0.2, 0.25) is 5.02 Å². The van der Waals surface area contributed by atoms with E-state index in [1.165, 1.54) is 18.5 Å². The molecule has 2 aromatic heterocycles. The number of carbonyl (C=O) groups excluding carboxylic acids is 1. The van der Waals surface area contributed by atoms with Gasteiger partial charge in [-0.1, -0.05) is 11.6 Å². The molecular weight excluding hydrogens is 397 g/mol. The molecule has 0 spiro atoms. The molecule has 1 N–H and O–H groups in total. The van der Waals surface area contributed by atoms with Crippen LogP contribution >= 0.6 is 11.6 Å². The highest BCUT2D eigenvalue weighted by Gasteiger charge is 2.11. The Balaban J connectivity index is 1.44. The Labute approximate surface area is 169 Å². The number of anilines is 1. The summed E-state index contributed by atoms with van der Waals surface area (Å²) in [6.45, 7) is 0. The summed E-state index contributed by atoms with van der Waals surface area (Å²) in [6.07, 6.45) is 4.79. The Kier molecular flexibility index (Phi) is 5.17. The van der Waals surface area contributed by atoms with Crippen molar-refractivity contribution in [2.24, 2.45) is 0 Å². The number of carbonyl (C=O) groups is 1. The Bertz CT molecular complexity index is 1150. The van der Waals surface area contributed by atoms with Crippen LogP contribution in [0.5, 0.6) is 11.6 Å². The zero-order chi connectivity index (χ0) is 20.2. The average molecular weight is 410 g/mol. The first kappa shape index (κ1) is 18.6. The third kappa shape index (κ3) is 4.39. The number of nitrogens with one attached hydrogen (secondary N) is 1. The lowest BCUT2D eigenvalue weighted by Gasteiger charge is -2.09. The highest BCUT2D eigenvalue weighted by Crippen LogP contribution is 2.23. The topological polar surface area (TPSA) is 81.9 Å². The monoisotopic (exact) mass is 409 g/mol. The molecule has 2 heterocycles. The van der Waals surface area contributed by atoms with Crippen LogP contribution in [0, 0.1) is 5.82 Å². The second kappa shape index (κ2) is 8.07. The summed E-state index contributed by atoms with van der Waals surface area (Å²) in [6, 6.07) is 13.7. The maximum atomic E-state index is 13.1. The molecule has 1 amide bonds. The molecule has 9 heteroatoms. The number of ether oxygens (including phenoxy) is 1. The molecule has 0 radical (unpaired) electrons. The predicted molar refractivity (Wildman–Crippen MR) is 105 cm³/mol. The van der Waals surface area contributed by atoms with Crippen LogP contribution in [0.1, 0.15) is 10.4 Å². The van der Waals surface area contributed by atoms with Crippen molar-refractivity contribution in [2.75, 3.05) is 5.32 Å². The maximum Gasteiger partial charge on any atom is 0.257 e. The molecule has 0 unspecified atom stereocenters. The van der Waals surface area contributed by atoms with Gasteiger partial charge in [-0.3, -0.25) is 4.79 Å². The molecule has 0 fully saturated rings. The van der Waals surface area contributed by atoms with Gasteiger partial charge in [0.2, 0.25) is 5.88 Å². The molecule has 0 saturated heterocycles. The summed E-state index contributed by atoms with van der Waals surface area (Å²) >= 11 is 5.92. The SMILES string of the molecule is O=C(Nc1ccc(Oc2cc(-n3cccn3)ncn2)cc1)c1ccc(F)cc1Cl. The molecule has 0 aliphatic rings. The smallest absolute Gasteiger partial charge is 0.257 e. The van der Waals surface area contributed by atoms with Gasteiger partial charge >= 0.3 is 0 Å². The van der Waals surface area contributed by atoms with Crippen LogP contribution in [0.25, 0.3) is 5.82 Å². The Morgan fingerprint density at radius 3 is 2.66 bits per heavy atom. The highest BCUT2D eigenvalue weighted by molar-refractivity contribution is 6.34. The van der Waals surface area contributed by atoms with Crippen molar-refractivity contribution in [1.82, 2.24) is 19.7 Å².